The molecule has 0 aliphatic rings. The average molecular weight is 354 g/mol. The van der Waals surface area contributed by atoms with Gasteiger partial charge in [0.05, 0.1) is 12.7 Å². The zero-order chi connectivity index (χ0) is 19.1. The van der Waals surface area contributed by atoms with Gasteiger partial charge in [-0.15, -0.1) is 0 Å². The van der Waals surface area contributed by atoms with Crippen LogP contribution in [0.3, 0.4) is 0 Å². The first-order valence-corrected chi connectivity index (χ1v) is 8.36. The van der Waals surface area contributed by atoms with Crippen LogP contribution in [0.1, 0.15) is 45.8 Å². The molecule has 0 spiro atoms. The molecule has 2 rings (SSSR count). The first-order valence-electron chi connectivity index (χ1n) is 8.36. The fourth-order valence-corrected chi connectivity index (χ4v) is 2.58. The fraction of sp³-hybridized carbons (Fsp3) is 0.250. The summed E-state index contributed by atoms with van der Waals surface area (Å²) in [5, 5.41) is 10.4. The van der Waals surface area contributed by atoms with Crippen LogP contribution < -0.4 is 0 Å². The molecule has 1 aromatic carbocycles. The third-order valence-electron chi connectivity index (χ3n) is 3.99. The summed E-state index contributed by atoms with van der Waals surface area (Å²) in [5.74, 6) is -1.05. The number of aromatic nitrogens is 1. The normalized spacial score (nSPS) is 11.1. The quantitative estimate of drug-likeness (QED) is 0.635. The van der Waals surface area contributed by atoms with Crippen LogP contribution >= 0.6 is 0 Å². The molecule has 0 atom stereocenters. The van der Waals surface area contributed by atoms with Crippen LogP contribution in [0.15, 0.2) is 42.6 Å². The Morgan fingerprint density at radius 2 is 1.81 bits per heavy atom. The molecule has 0 bridgehead atoms. The number of nitrogens with zero attached hydrogens (tertiary/aromatic N) is 2. The average Bonchev–Trinajstić information content (AvgIpc) is 2.68. The standard InChI is InChI=1S/C20H22N2O4/c1-4-22(5-2)19(24)17-15(11-12-21-18(17)20(25)26-3)13-16(23)14-9-7-6-8-10-14/h6-13,23H,4-5H2,1-3H3/b16-13-. The Morgan fingerprint density at radius 3 is 2.38 bits per heavy atom. The molecule has 1 amide bonds. The van der Waals surface area contributed by atoms with Gasteiger partial charge in [-0.1, -0.05) is 30.3 Å². The molecule has 136 valence electrons. The van der Waals surface area contributed by atoms with Crippen molar-refractivity contribution >= 4 is 23.7 Å². The summed E-state index contributed by atoms with van der Waals surface area (Å²) >= 11 is 0. The number of aliphatic hydroxyl groups excluding tert-OH is 1. The maximum absolute atomic E-state index is 13.0. The number of carbonyl (C=O) groups is 2. The van der Waals surface area contributed by atoms with E-state index in [9.17, 15) is 14.7 Å². The Kier molecular flexibility index (Phi) is 6.49. The third kappa shape index (κ3) is 4.08. The molecular weight excluding hydrogens is 332 g/mol. The van der Waals surface area contributed by atoms with Crippen molar-refractivity contribution in [3.8, 4) is 0 Å². The topological polar surface area (TPSA) is 79.7 Å². The molecule has 6 heteroatoms. The van der Waals surface area contributed by atoms with Crippen molar-refractivity contribution in [1.82, 2.24) is 9.88 Å². The number of ether oxygens (including phenoxy) is 1. The van der Waals surface area contributed by atoms with E-state index in [1.807, 2.05) is 19.9 Å². The molecular formula is C20H22N2O4. The molecule has 0 saturated heterocycles. The van der Waals surface area contributed by atoms with E-state index in [0.717, 1.165) is 0 Å². The highest BCUT2D eigenvalue weighted by Gasteiger charge is 2.25. The van der Waals surface area contributed by atoms with Gasteiger partial charge in [0, 0.05) is 24.8 Å². The lowest BCUT2D eigenvalue weighted by Crippen LogP contribution is -2.32. The molecule has 1 N–H and O–H groups in total. The molecule has 0 saturated carbocycles. The SMILES string of the molecule is CCN(CC)C(=O)c1c(/C=C(\O)c2ccccc2)ccnc1C(=O)OC. The highest BCUT2D eigenvalue weighted by molar-refractivity contribution is 6.07. The molecule has 6 nitrogen and oxygen atoms in total. The van der Waals surface area contributed by atoms with Gasteiger partial charge in [-0.2, -0.15) is 0 Å². The van der Waals surface area contributed by atoms with Gasteiger partial charge in [-0.3, -0.25) is 4.79 Å². The number of amides is 1. The minimum absolute atomic E-state index is 0.0128. The molecule has 26 heavy (non-hydrogen) atoms. The van der Waals surface area contributed by atoms with Gasteiger partial charge in [0.2, 0.25) is 0 Å². The van der Waals surface area contributed by atoms with Crippen molar-refractivity contribution in [1.29, 1.82) is 0 Å². The first-order chi connectivity index (χ1) is 12.5. The summed E-state index contributed by atoms with van der Waals surface area (Å²) in [6.07, 6.45) is 2.87. The summed E-state index contributed by atoms with van der Waals surface area (Å²) in [5.41, 5.74) is 1.05. The molecule has 0 aliphatic heterocycles. The second kappa shape index (κ2) is 8.80. The monoisotopic (exact) mass is 354 g/mol. The van der Waals surface area contributed by atoms with Crippen LogP contribution in [-0.4, -0.2) is 47.1 Å². The van der Waals surface area contributed by atoms with Gasteiger partial charge < -0.3 is 14.7 Å². The van der Waals surface area contributed by atoms with Crippen molar-refractivity contribution in [3.05, 3.63) is 65.0 Å². The number of carbonyl (C=O) groups excluding carboxylic acids is 2. The smallest absolute Gasteiger partial charge is 0.357 e. The van der Waals surface area contributed by atoms with Crippen LogP contribution in [0.5, 0.6) is 0 Å². The Hall–Kier alpha value is -3.15. The van der Waals surface area contributed by atoms with Gasteiger partial charge >= 0.3 is 5.97 Å². The van der Waals surface area contributed by atoms with Crippen molar-refractivity contribution in [2.24, 2.45) is 0 Å². The lowest BCUT2D eigenvalue weighted by Gasteiger charge is -2.21. The van der Waals surface area contributed by atoms with Crippen molar-refractivity contribution in [3.63, 3.8) is 0 Å². The number of rotatable bonds is 6. The maximum Gasteiger partial charge on any atom is 0.357 e. The number of benzene rings is 1. The predicted octanol–water partition coefficient (Wildman–Crippen LogP) is 3.41. The first kappa shape index (κ1) is 19.2. The van der Waals surface area contributed by atoms with Crippen LogP contribution in [-0.2, 0) is 4.74 Å². The van der Waals surface area contributed by atoms with Crippen molar-refractivity contribution in [2.75, 3.05) is 20.2 Å². The molecule has 0 unspecified atom stereocenters. The van der Waals surface area contributed by atoms with E-state index in [0.29, 0.717) is 24.2 Å². The molecule has 0 radical (unpaired) electrons. The summed E-state index contributed by atoms with van der Waals surface area (Å²) in [7, 11) is 1.24. The van der Waals surface area contributed by atoms with E-state index in [4.69, 9.17) is 4.74 Å². The predicted molar refractivity (Wildman–Crippen MR) is 99.8 cm³/mol. The molecule has 0 fully saturated rings. The lowest BCUT2D eigenvalue weighted by molar-refractivity contribution is 0.0583. The van der Waals surface area contributed by atoms with E-state index in [1.54, 1.807) is 35.2 Å². The highest BCUT2D eigenvalue weighted by atomic mass is 16.5. The van der Waals surface area contributed by atoms with Crippen molar-refractivity contribution in [2.45, 2.75) is 13.8 Å². The molecule has 0 aliphatic carbocycles. The van der Waals surface area contributed by atoms with Crippen molar-refractivity contribution < 1.29 is 19.4 Å². The number of hydrogen-bond donors (Lipinski definition) is 1. The van der Waals surface area contributed by atoms with Crippen LogP contribution in [0.2, 0.25) is 0 Å². The van der Waals surface area contributed by atoms with Gasteiger partial charge in [-0.25, -0.2) is 9.78 Å². The number of pyridine rings is 1. The summed E-state index contributed by atoms with van der Waals surface area (Å²) in [6.45, 7) is 4.68. The summed E-state index contributed by atoms with van der Waals surface area (Å²) in [6, 6.07) is 10.5. The largest absolute Gasteiger partial charge is 0.507 e. The van der Waals surface area contributed by atoms with Gasteiger partial charge in [0.1, 0.15) is 5.76 Å². The van der Waals surface area contributed by atoms with Crippen LogP contribution in [0.25, 0.3) is 11.8 Å². The summed E-state index contributed by atoms with van der Waals surface area (Å²) < 4.78 is 4.76. The van der Waals surface area contributed by atoms with E-state index >= 15 is 0 Å². The number of aliphatic hydroxyl groups is 1. The fourth-order valence-electron chi connectivity index (χ4n) is 2.58. The number of esters is 1. The summed E-state index contributed by atoms with van der Waals surface area (Å²) in [4.78, 5) is 30.7. The van der Waals surface area contributed by atoms with Crippen LogP contribution in [0.4, 0.5) is 0 Å². The second-order valence-electron chi connectivity index (χ2n) is 5.49. The van der Waals surface area contributed by atoms with Gasteiger partial charge in [0.25, 0.3) is 5.91 Å². The van der Waals surface area contributed by atoms with Gasteiger partial charge in [-0.05, 0) is 31.6 Å². The minimum Gasteiger partial charge on any atom is -0.507 e. The maximum atomic E-state index is 13.0. The lowest BCUT2D eigenvalue weighted by atomic mass is 10.0. The Balaban J connectivity index is 2.62. The molecule has 2 aromatic rings. The number of methoxy groups -OCH3 is 1. The Morgan fingerprint density at radius 1 is 1.15 bits per heavy atom. The minimum atomic E-state index is -0.699. The van der Waals surface area contributed by atoms with Crippen LogP contribution in [0, 0.1) is 0 Å². The third-order valence-corrected chi connectivity index (χ3v) is 3.99. The molecule has 1 aromatic heterocycles. The Labute approximate surface area is 152 Å². The van der Waals surface area contributed by atoms with E-state index in [2.05, 4.69) is 4.98 Å². The van der Waals surface area contributed by atoms with Gasteiger partial charge in [0.15, 0.2) is 5.69 Å². The second-order valence-corrected chi connectivity index (χ2v) is 5.49. The highest BCUT2D eigenvalue weighted by Crippen LogP contribution is 2.22. The van der Waals surface area contributed by atoms with E-state index in [1.165, 1.54) is 19.4 Å². The Bertz CT molecular complexity index is 812. The zero-order valence-electron chi connectivity index (χ0n) is 15.1. The zero-order valence-corrected chi connectivity index (χ0v) is 15.1. The van der Waals surface area contributed by atoms with E-state index < -0.39 is 5.97 Å². The van der Waals surface area contributed by atoms with E-state index in [-0.39, 0.29) is 22.9 Å². The number of hydrogen-bond acceptors (Lipinski definition) is 5. The molecule has 1 heterocycles.